The zero-order valence-corrected chi connectivity index (χ0v) is 19.5. The van der Waals surface area contributed by atoms with E-state index in [1.165, 1.54) is 24.3 Å². The molecule has 0 radical (unpaired) electrons. The topological polar surface area (TPSA) is 139 Å². The van der Waals surface area contributed by atoms with E-state index in [1.54, 1.807) is 36.1 Å². The lowest BCUT2D eigenvalue weighted by Gasteiger charge is -2.33. The molecular formula is C22H25ClN4O5S. The van der Waals surface area contributed by atoms with Crippen LogP contribution < -0.4 is 15.8 Å². The predicted octanol–water partition coefficient (Wildman–Crippen LogP) is 1.98. The molecule has 1 atom stereocenters. The van der Waals surface area contributed by atoms with E-state index in [4.69, 9.17) is 16.7 Å². The maximum Gasteiger partial charge on any atom is 0.253 e. The fourth-order valence-electron chi connectivity index (χ4n) is 3.59. The van der Waals surface area contributed by atoms with E-state index in [0.717, 1.165) is 0 Å². The summed E-state index contributed by atoms with van der Waals surface area (Å²) in [6, 6.07) is 11.4. The number of nitrogens with one attached hydrogen (secondary N) is 2. The first-order valence-corrected chi connectivity index (χ1v) is 12.3. The predicted molar refractivity (Wildman–Crippen MR) is 124 cm³/mol. The minimum Gasteiger partial charge on any atom is -0.341 e. The number of rotatable bonds is 6. The normalized spacial score (nSPS) is 15.5. The number of carbonyl (C=O) groups excluding carboxylic acids is 3. The highest BCUT2D eigenvalue weighted by Gasteiger charge is 2.30. The molecule has 0 aromatic heterocycles. The van der Waals surface area contributed by atoms with Gasteiger partial charge < -0.3 is 15.5 Å². The molecule has 11 heteroatoms. The molecule has 4 N–H and O–H groups in total. The molecule has 0 bridgehead atoms. The number of anilines is 1. The van der Waals surface area contributed by atoms with Crippen LogP contribution in [0.15, 0.2) is 53.4 Å². The number of halogens is 1. The minimum absolute atomic E-state index is 0.0388. The van der Waals surface area contributed by atoms with Gasteiger partial charge in [-0.3, -0.25) is 14.4 Å². The van der Waals surface area contributed by atoms with Crippen molar-refractivity contribution >= 4 is 45.0 Å². The van der Waals surface area contributed by atoms with Gasteiger partial charge in [-0.05, 0) is 56.2 Å². The van der Waals surface area contributed by atoms with Crippen molar-refractivity contribution < 1.29 is 22.8 Å². The monoisotopic (exact) mass is 492 g/mol. The van der Waals surface area contributed by atoms with Crippen molar-refractivity contribution in [2.45, 2.75) is 30.7 Å². The number of nitrogens with zero attached hydrogens (tertiary/aromatic N) is 1. The van der Waals surface area contributed by atoms with Crippen LogP contribution in [0.25, 0.3) is 0 Å². The number of nitrogens with two attached hydrogens (primary N) is 1. The van der Waals surface area contributed by atoms with Gasteiger partial charge in [0.05, 0.1) is 15.5 Å². The first kappa shape index (κ1) is 24.7. The van der Waals surface area contributed by atoms with Crippen LogP contribution in [-0.2, 0) is 19.6 Å². The van der Waals surface area contributed by atoms with E-state index < -0.39 is 22.0 Å². The second-order valence-corrected chi connectivity index (χ2v) is 9.80. The molecule has 0 spiro atoms. The smallest absolute Gasteiger partial charge is 0.253 e. The van der Waals surface area contributed by atoms with Crippen molar-refractivity contribution in [2.75, 3.05) is 18.4 Å². The third-order valence-electron chi connectivity index (χ3n) is 5.46. The zero-order chi connectivity index (χ0) is 24.2. The van der Waals surface area contributed by atoms with Gasteiger partial charge in [0.2, 0.25) is 21.8 Å². The molecule has 1 aliphatic rings. The van der Waals surface area contributed by atoms with Crippen LogP contribution in [0.1, 0.15) is 30.1 Å². The van der Waals surface area contributed by atoms with Crippen LogP contribution >= 0.6 is 11.6 Å². The first-order valence-electron chi connectivity index (χ1n) is 10.3. The summed E-state index contributed by atoms with van der Waals surface area (Å²) in [6.07, 6.45) is 0.941. The first-order chi connectivity index (χ1) is 15.6. The number of carbonyl (C=O) groups is 3. The Hall–Kier alpha value is -2.95. The Bertz CT molecular complexity index is 1150. The summed E-state index contributed by atoms with van der Waals surface area (Å²) in [5, 5.41) is 10.8. The second kappa shape index (κ2) is 10.3. The van der Waals surface area contributed by atoms with E-state index in [0.29, 0.717) is 42.2 Å². The molecule has 1 saturated heterocycles. The Morgan fingerprint density at radius 2 is 1.67 bits per heavy atom. The van der Waals surface area contributed by atoms with Gasteiger partial charge in [0.1, 0.15) is 6.04 Å². The number of benzene rings is 2. The third-order valence-corrected chi connectivity index (χ3v) is 6.72. The van der Waals surface area contributed by atoms with Crippen molar-refractivity contribution in [3.05, 3.63) is 59.1 Å². The highest BCUT2D eigenvalue weighted by atomic mass is 35.5. The lowest BCUT2D eigenvalue weighted by Crippen LogP contribution is -2.50. The molecular weight excluding hydrogens is 468 g/mol. The second-order valence-electron chi connectivity index (χ2n) is 7.83. The molecule has 33 heavy (non-hydrogen) atoms. The highest BCUT2D eigenvalue weighted by Crippen LogP contribution is 2.21. The van der Waals surface area contributed by atoms with Crippen molar-refractivity contribution in [1.82, 2.24) is 10.2 Å². The summed E-state index contributed by atoms with van der Waals surface area (Å²) in [5.74, 6) is -1.15. The molecule has 176 valence electrons. The van der Waals surface area contributed by atoms with Crippen LogP contribution in [0.2, 0.25) is 5.02 Å². The van der Waals surface area contributed by atoms with E-state index in [1.807, 2.05) is 0 Å². The number of primary sulfonamides is 1. The van der Waals surface area contributed by atoms with E-state index in [-0.39, 0.29) is 22.6 Å². The van der Waals surface area contributed by atoms with Gasteiger partial charge >= 0.3 is 0 Å². The van der Waals surface area contributed by atoms with Crippen LogP contribution in [0.3, 0.4) is 0 Å². The Morgan fingerprint density at radius 3 is 2.24 bits per heavy atom. The van der Waals surface area contributed by atoms with Crippen molar-refractivity contribution in [3.8, 4) is 0 Å². The van der Waals surface area contributed by atoms with Gasteiger partial charge in [0, 0.05) is 24.7 Å². The summed E-state index contributed by atoms with van der Waals surface area (Å²) in [6.45, 7) is 2.38. The molecule has 0 aliphatic carbocycles. The molecule has 0 saturated carbocycles. The van der Waals surface area contributed by atoms with Crippen LogP contribution in [0.5, 0.6) is 0 Å². The average Bonchev–Trinajstić information content (AvgIpc) is 2.78. The maximum absolute atomic E-state index is 12.7. The summed E-state index contributed by atoms with van der Waals surface area (Å²) >= 11 is 6.04. The summed E-state index contributed by atoms with van der Waals surface area (Å²) in [5.41, 5.74) is 0.758. The molecule has 9 nitrogen and oxygen atoms in total. The number of sulfonamides is 1. The zero-order valence-electron chi connectivity index (χ0n) is 18.0. The van der Waals surface area contributed by atoms with Crippen molar-refractivity contribution in [2.24, 2.45) is 11.1 Å². The molecule has 1 aliphatic heterocycles. The molecule has 0 unspecified atom stereocenters. The Labute approximate surface area is 197 Å². The van der Waals surface area contributed by atoms with E-state index in [2.05, 4.69) is 10.6 Å². The van der Waals surface area contributed by atoms with Gasteiger partial charge in [-0.25, -0.2) is 13.6 Å². The number of hydrogen-bond donors (Lipinski definition) is 3. The molecule has 1 fully saturated rings. The fourth-order valence-corrected chi connectivity index (χ4v) is 4.33. The number of likely N-dealkylation sites (tertiary alicyclic amines) is 1. The number of hydrogen-bond acceptors (Lipinski definition) is 5. The van der Waals surface area contributed by atoms with Gasteiger partial charge in [-0.15, -0.1) is 0 Å². The van der Waals surface area contributed by atoms with Crippen molar-refractivity contribution in [1.29, 1.82) is 0 Å². The molecule has 1 heterocycles. The van der Waals surface area contributed by atoms with Crippen LogP contribution in [-0.4, -0.2) is 50.2 Å². The summed E-state index contributed by atoms with van der Waals surface area (Å²) < 4.78 is 22.6. The number of amides is 3. The fraction of sp³-hybridized carbons (Fsp3) is 0.318. The van der Waals surface area contributed by atoms with Crippen LogP contribution in [0, 0.1) is 5.92 Å². The van der Waals surface area contributed by atoms with E-state index >= 15 is 0 Å². The average molecular weight is 493 g/mol. The number of piperidine rings is 1. The van der Waals surface area contributed by atoms with Gasteiger partial charge in [-0.2, -0.15) is 0 Å². The van der Waals surface area contributed by atoms with Gasteiger partial charge in [0.15, 0.2) is 0 Å². The van der Waals surface area contributed by atoms with Crippen molar-refractivity contribution in [3.63, 3.8) is 0 Å². The quantitative estimate of drug-likeness (QED) is 0.566. The standard InChI is InChI=1S/C22H25ClN4O5S/c1-14(25-21(29)18-4-2-3-5-19(18)23)22(30)27-12-10-15(11-13-27)20(28)26-16-6-8-17(9-7-16)33(24,31)32/h2-9,14-15H,10-13H2,1H3,(H,25,29)(H,26,28)(H2,24,31,32)/t14-/m0/s1. The molecule has 2 aromatic rings. The Morgan fingerprint density at radius 1 is 1.06 bits per heavy atom. The Balaban J connectivity index is 1.50. The maximum atomic E-state index is 12.7. The third kappa shape index (κ3) is 6.31. The van der Waals surface area contributed by atoms with Gasteiger partial charge in [0.25, 0.3) is 5.91 Å². The molecule has 3 rings (SSSR count). The lowest BCUT2D eigenvalue weighted by molar-refractivity contribution is -0.135. The largest absolute Gasteiger partial charge is 0.341 e. The summed E-state index contributed by atoms with van der Waals surface area (Å²) in [7, 11) is -3.80. The highest BCUT2D eigenvalue weighted by molar-refractivity contribution is 7.89. The Kier molecular flexibility index (Phi) is 7.72. The molecule has 3 amide bonds. The SMILES string of the molecule is C[C@H](NC(=O)c1ccccc1Cl)C(=O)N1CCC(C(=O)Nc2ccc(S(N)(=O)=O)cc2)CC1. The lowest BCUT2D eigenvalue weighted by atomic mass is 9.95. The van der Waals surface area contributed by atoms with Crippen LogP contribution in [0.4, 0.5) is 5.69 Å². The summed E-state index contributed by atoms with van der Waals surface area (Å²) in [4.78, 5) is 39.3. The molecule has 2 aromatic carbocycles. The van der Waals surface area contributed by atoms with E-state index in [9.17, 15) is 22.8 Å². The van der Waals surface area contributed by atoms with Gasteiger partial charge in [-0.1, -0.05) is 23.7 Å². The minimum atomic E-state index is -3.80.